The molecule has 16 heavy (non-hydrogen) atoms. The zero-order valence-electron chi connectivity index (χ0n) is 9.85. The second-order valence-corrected chi connectivity index (χ2v) is 3.65. The number of hydrogen-bond donors (Lipinski definition) is 1. The number of carbonyl (C=O) groups is 1. The van der Waals surface area contributed by atoms with Gasteiger partial charge < -0.3 is 9.68 Å². The van der Waals surface area contributed by atoms with E-state index < -0.39 is 11.4 Å². The molecule has 0 aliphatic heterocycles. The highest BCUT2D eigenvalue weighted by molar-refractivity contribution is 5.91. The first-order chi connectivity index (χ1) is 8.04. The van der Waals surface area contributed by atoms with E-state index in [1.807, 2.05) is 0 Å². The van der Waals surface area contributed by atoms with Gasteiger partial charge in [-0.2, -0.15) is 0 Å². The summed E-state index contributed by atoms with van der Waals surface area (Å²) in [5.74, 6) is -0.964. The van der Waals surface area contributed by atoms with Crippen molar-refractivity contribution in [1.82, 2.24) is 9.55 Å². The summed E-state index contributed by atoms with van der Waals surface area (Å²) >= 11 is 0. The topological polar surface area (TPSA) is 72.2 Å². The molecule has 0 bridgehead atoms. The van der Waals surface area contributed by atoms with Crippen molar-refractivity contribution in [2.45, 2.75) is 6.92 Å². The number of nitrogens with zero attached hydrogens (tertiary/aromatic N) is 2. The van der Waals surface area contributed by atoms with E-state index in [1.165, 1.54) is 6.20 Å². The van der Waals surface area contributed by atoms with Crippen molar-refractivity contribution in [2.75, 3.05) is 0 Å². The molecule has 0 atom stereocenters. The van der Waals surface area contributed by atoms with Crippen LogP contribution in [0.1, 0.15) is 15.9 Å². The van der Waals surface area contributed by atoms with Gasteiger partial charge in [0.25, 0.3) is 1.43 Å². The molecular formula is C11H10N2O3. The standard InChI is InChI=1S/C11H10N2O3/c1-6-3-7-9(14)8(11(15)16)5-13(2)10(7)12-4-6/h3-5H,1-2H3,(H,15,16)/i/hT. The van der Waals surface area contributed by atoms with Crippen molar-refractivity contribution in [3.63, 3.8) is 0 Å². The van der Waals surface area contributed by atoms with E-state index in [4.69, 9.17) is 1.43 Å². The highest BCUT2D eigenvalue weighted by atomic mass is 16.4. The van der Waals surface area contributed by atoms with Crippen LogP contribution in [0.15, 0.2) is 23.3 Å². The van der Waals surface area contributed by atoms with Crippen molar-refractivity contribution in [2.24, 2.45) is 7.05 Å². The highest BCUT2D eigenvalue weighted by Gasteiger charge is 2.13. The molecule has 1 N–H and O–H groups in total. The molecule has 2 aromatic rings. The largest absolute Gasteiger partial charge is 0.477 e. The first-order valence-electron chi connectivity index (χ1n) is 5.09. The molecule has 5 nitrogen and oxygen atoms in total. The molecule has 2 heterocycles. The second-order valence-electron chi connectivity index (χ2n) is 3.65. The van der Waals surface area contributed by atoms with Gasteiger partial charge in [0.15, 0.2) is 0 Å². The second kappa shape index (κ2) is 3.44. The van der Waals surface area contributed by atoms with Crippen molar-refractivity contribution >= 4 is 17.0 Å². The average Bonchev–Trinajstić information content (AvgIpc) is 2.32. The Bertz CT molecular complexity index is 664. The highest BCUT2D eigenvalue weighted by Crippen LogP contribution is 2.09. The van der Waals surface area contributed by atoms with Gasteiger partial charge in [-0.15, -0.1) is 0 Å². The summed E-state index contributed by atoms with van der Waals surface area (Å²) in [6.07, 6.45) is 2.97. The fourth-order valence-corrected chi connectivity index (χ4v) is 1.61. The quantitative estimate of drug-likeness (QED) is 0.776. The summed E-state index contributed by atoms with van der Waals surface area (Å²) in [5.41, 5.74) is 0.682. The van der Waals surface area contributed by atoms with Crippen molar-refractivity contribution in [1.29, 1.82) is 1.43 Å². The molecular weight excluding hydrogens is 208 g/mol. The minimum absolute atomic E-state index is 0.164. The van der Waals surface area contributed by atoms with E-state index >= 15 is 0 Å². The molecule has 2 aromatic heterocycles. The normalized spacial score (nSPS) is 11.2. The van der Waals surface area contributed by atoms with E-state index in [9.17, 15) is 9.59 Å². The molecule has 0 spiro atoms. The van der Waals surface area contributed by atoms with Crippen LogP contribution in [-0.4, -0.2) is 20.6 Å². The van der Waals surface area contributed by atoms with Gasteiger partial charge in [0, 0.05) is 19.4 Å². The lowest BCUT2D eigenvalue weighted by molar-refractivity contribution is 0.0695. The molecule has 0 aromatic carbocycles. The molecule has 0 radical (unpaired) electrons. The summed E-state index contributed by atoms with van der Waals surface area (Å²) in [6.45, 7) is 1.81. The molecule has 0 aliphatic rings. The maximum Gasteiger partial charge on any atom is 0.341 e. The molecule has 2 rings (SSSR count). The van der Waals surface area contributed by atoms with Gasteiger partial charge in [-0.05, 0) is 18.6 Å². The van der Waals surface area contributed by atoms with Gasteiger partial charge >= 0.3 is 5.97 Å². The van der Waals surface area contributed by atoms with Gasteiger partial charge in [0.1, 0.15) is 11.2 Å². The Morgan fingerprint density at radius 2 is 2.38 bits per heavy atom. The smallest absolute Gasteiger partial charge is 0.341 e. The summed E-state index contributed by atoms with van der Waals surface area (Å²) in [4.78, 5) is 27.4. The summed E-state index contributed by atoms with van der Waals surface area (Å²) in [6, 6.07) is 1.66. The number of fused-ring (bicyclic) bond motifs is 1. The minimum Gasteiger partial charge on any atom is -0.477 e. The third-order valence-corrected chi connectivity index (χ3v) is 2.37. The van der Waals surface area contributed by atoms with E-state index in [0.29, 0.717) is 11.0 Å². The number of hydrogen-bond acceptors (Lipinski definition) is 4. The van der Waals surface area contributed by atoms with Crippen LogP contribution in [0.25, 0.3) is 12.5 Å². The van der Waals surface area contributed by atoms with Crippen LogP contribution in [0.3, 0.4) is 0 Å². The fourth-order valence-electron chi connectivity index (χ4n) is 1.61. The Labute approximate surface area is 92.5 Å². The fraction of sp³-hybridized carbons (Fsp3) is 0.182. The maximum absolute atomic E-state index is 12.0. The molecule has 0 saturated heterocycles. The molecule has 0 amide bonds. The zero-order chi connectivity index (χ0) is 12.6. The lowest BCUT2D eigenvalue weighted by atomic mass is 10.1. The van der Waals surface area contributed by atoms with Gasteiger partial charge in [-0.3, -0.25) is 4.79 Å². The van der Waals surface area contributed by atoms with Crippen LogP contribution in [-0.2, 0) is 7.05 Å². The Hall–Kier alpha value is -2.17. The Kier molecular flexibility index (Phi) is 1.96. The maximum atomic E-state index is 12.0. The van der Waals surface area contributed by atoms with Crippen LogP contribution in [0, 0.1) is 6.92 Å². The number of aryl methyl sites for hydroxylation is 2. The Morgan fingerprint density at radius 1 is 1.62 bits per heavy atom. The zero-order valence-corrected chi connectivity index (χ0v) is 8.85. The average molecular weight is 220 g/mol. The van der Waals surface area contributed by atoms with Crippen molar-refractivity contribution < 1.29 is 9.90 Å². The first-order valence-corrected chi connectivity index (χ1v) is 4.68. The van der Waals surface area contributed by atoms with Crippen LogP contribution in [0.5, 0.6) is 0 Å². The van der Waals surface area contributed by atoms with Crippen LogP contribution in [0.4, 0.5) is 0 Å². The van der Waals surface area contributed by atoms with E-state index in [-0.39, 0.29) is 5.56 Å². The number of carboxylic acids is 1. The van der Waals surface area contributed by atoms with E-state index in [0.717, 1.165) is 5.56 Å². The van der Waals surface area contributed by atoms with Crippen LogP contribution >= 0.6 is 0 Å². The lowest BCUT2D eigenvalue weighted by Crippen LogP contribution is -2.18. The molecule has 0 aliphatic carbocycles. The molecule has 0 saturated carbocycles. The van der Waals surface area contributed by atoms with E-state index in [1.54, 1.807) is 30.8 Å². The van der Waals surface area contributed by atoms with E-state index in [2.05, 4.69) is 10.1 Å². The predicted octanol–water partition coefficient (Wildman–Crippen LogP) is 0.940. The number of carboxylic acid groups (broad SMARTS) is 1. The molecule has 5 heteroatoms. The molecule has 82 valence electrons. The van der Waals surface area contributed by atoms with Crippen molar-refractivity contribution in [3.8, 4) is 0 Å². The van der Waals surface area contributed by atoms with Crippen LogP contribution in [0.2, 0.25) is 0 Å². The van der Waals surface area contributed by atoms with Gasteiger partial charge in [-0.1, -0.05) is 0 Å². The van der Waals surface area contributed by atoms with Crippen molar-refractivity contribution in [3.05, 3.63) is 39.8 Å². The summed E-state index contributed by atoms with van der Waals surface area (Å²) in [7, 11) is 1.67. The van der Waals surface area contributed by atoms with Gasteiger partial charge in [0.05, 0.1) is 5.39 Å². The third-order valence-electron chi connectivity index (χ3n) is 2.37. The Morgan fingerprint density at radius 3 is 3.06 bits per heavy atom. The third kappa shape index (κ3) is 1.46. The monoisotopic (exact) mass is 220 g/mol. The SMILES string of the molecule is [3H]OC(=O)c1cn(C)c2ncc(C)cc2c1=O. The lowest BCUT2D eigenvalue weighted by Gasteiger charge is -2.06. The first kappa shape index (κ1) is 9.08. The molecule has 0 fully saturated rings. The van der Waals surface area contributed by atoms with Gasteiger partial charge in [-0.25, -0.2) is 9.78 Å². The van der Waals surface area contributed by atoms with Gasteiger partial charge in [0.2, 0.25) is 5.43 Å². The summed E-state index contributed by atoms with van der Waals surface area (Å²) < 4.78 is 8.11. The number of aromatic nitrogens is 2. The summed E-state index contributed by atoms with van der Waals surface area (Å²) in [5, 5.41) is 4.17. The Balaban J connectivity index is 2.88. The number of rotatable bonds is 1. The van der Waals surface area contributed by atoms with Crippen LogP contribution < -0.4 is 5.43 Å². The predicted molar refractivity (Wildman–Crippen MR) is 58.7 cm³/mol. The minimum atomic E-state index is -0.964. The molecule has 0 unspecified atom stereocenters. The number of pyridine rings is 2. The number of aromatic carboxylic acids is 1.